The van der Waals surface area contributed by atoms with Gasteiger partial charge in [-0.05, 0) is 53.4 Å². The molecule has 4 amide bonds. The van der Waals surface area contributed by atoms with E-state index in [-0.39, 0.29) is 27.6 Å². The predicted molar refractivity (Wildman–Crippen MR) is 191 cm³/mol. The Morgan fingerprint density at radius 3 is 1.93 bits per heavy atom. The monoisotopic (exact) mass is 850 g/mol. The van der Waals surface area contributed by atoms with Crippen molar-refractivity contribution in [3.63, 3.8) is 0 Å². The first-order valence-electron chi connectivity index (χ1n) is 17.0. The smallest absolute Gasteiger partial charge is 0.405 e. The number of hydrogen-bond acceptors (Lipinski definition) is 8. The van der Waals surface area contributed by atoms with Crippen LogP contribution in [0.3, 0.4) is 0 Å². The molecule has 0 radical (unpaired) electrons. The van der Waals surface area contributed by atoms with Crippen LogP contribution >= 0.6 is 11.6 Å². The Morgan fingerprint density at radius 1 is 0.793 bits per heavy atom. The molecule has 0 heterocycles. The van der Waals surface area contributed by atoms with Gasteiger partial charge in [0, 0.05) is 17.0 Å². The number of ether oxygens (including phenoxy) is 2. The van der Waals surface area contributed by atoms with Crippen LogP contribution in [0.25, 0.3) is 0 Å². The molecule has 6 N–H and O–H groups in total. The van der Waals surface area contributed by atoms with Crippen molar-refractivity contribution in [2.75, 3.05) is 20.3 Å². The average molecular weight is 851 g/mol. The lowest BCUT2D eigenvalue weighted by Crippen LogP contribution is -2.61. The number of aliphatic hydroxyl groups is 1. The van der Waals surface area contributed by atoms with Crippen molar-refractivity contribution in [3.8, 4) is 11.5 Å². The molecule has 0 fully saturated rings. The minimum Gasteiger partial charge on any atom is -0.497 e. The molecule has 0 spiro atoms. The summed E-state index contributed by atoms with van der Waals surface area (Å²) in [4.78, 5) is 64.0. The third-order valence-corrected chi connectivity index (χ3v) is 8.54. The molecule has 0 aliphatic carbocycles. The number of amides is 4. The number of carbonyl (C=O) groups excluding carboxylic acids is 4. The second-order valence-electron chi connectivity index (χ2n) is 13.0. The normalized spacial score (nSPS) is 14.0. The largest absolute Gasteiger partial charge is 0.497 e. The number of hydrogen-bond donors (Lipinski definition) is 6. The number of carboxylic acids is 1. The van der Waals surface area contributed by atoms with Crippen LogP contribution in [-0.2, 0) is 36.3 Å². The van der Waals surface area contributed by atoms with Gasteiger partial charge >= 0.3 is 24.0 Å². The van der Waals surface area contributed by atoms with E-state index < -0.39 is 103 Å². The van der Waals surface area contributed by atoms with Gasteiger partial charge in [0.1, 0.15) is 36.2 Å². The van der Waals surface area contributed by atoms with Crippen molar-refractivity contribution in [2.45, 2.75) is 62.5 Å². The highest BCUT2D eigenvalue weighted by atomic mass is 35.5. The third-order valence-electron chi connectivity index (χ3n) is 8.31. The quantitative estimate of drug-likeness (QED) is 0.0955. The molecule has 0 aliphatic rings. The highest BCUT2D eigenvalue weighted by Crippen LogP contribution is 2.31. The Kier molecular flexibility index (Phi) is 15.9. The summed E-state index contributed by atoms with van der Waals surface area (Å²) in [6.07, 6.45) is -8.72. The summed E-state index contributed by atoms with van der Waals surface area (Å²) in [5.41, 5.74) is -0.712. The van der Waals surface area contributed by atoms with Crippen LogP contribution in [0.5, 0.6) is 11.5 Å². The number of carbonyl (C=O) groups is 5. The maximum Gasteiger partial charge on any atom is 0.405 e. The van der Waals surface area contributed by atoms with Crippen LogP contribution in [0.1, 0.15) is 36.6 Å². The van der Waals surface area contributed by atoms with Gasteiger partial charge < -0.3 is 41.0 Å². The standard InChI is InChI=1S/C37H38ClF7N4O9/c1-19(2)28(30(52)37(44,45)33(55)46-18-35(39,40)41)48-32(54)29(21-9-13-24(57-3)14-10-21)49-31(53)26(15-20-7-11-25(12-8-20)58-17-27(50)51)47-34(56)36(42,43)22-5-4-6-23(38)16-22/h4-14,16,19,26,28-30,52H,15,17-18H2,1-3H3,(H,46,55)(H,47,56)(H,48,54)(H,49,53)(H,50,51)/t26-,28-,29-,30+/m0/s1. The summed E-state index contributed by atoms with van der Waals surface area (Å²) in [7, 11) is 1.30. The van der Waals surface area contributed by atoms with Gasteiger partial charge in [0.05, 0.1) is 13.2 Å². The average Bonchev–Trinajstić information content (AvgIpc) is 3.16. The van der Waals surface area contributed by atoms with Crippen molar-refractivity contribution in [3.05, 3.63) is 94.5 Å². The van der Waals surface area contributed by atoms with Crippen LogP contribution in [0.15, 0.2) is 72.8 Å². The van der Waals surface area contributed by atoms with E-state index in [0.717, 1.165) is 23.5 Å². The fourth-order valence-electron chi connectivity index (χ4n) is 5.23. The minimum absolute atomic E-state index is 0.0743. The Balaban J connectivity index is 2.01. The highest BCUT2D eigenvalue weighted by molar-refractivity contribution is 6.30. The molecular formula is C37H38ClF7N4O9. The fraction of sp³-hybridized carbons (Fsp3) is 0.378. The topological polar surface area (TPSA) is 192 Å². The molecule has 3 rings (SSSR count). The van der Waals surface area contributed by atoms with Gasteiger partial charge in [0.15, 0.2) is 6.61 Å². The van der Waals surface area contributed by atoms with E-state index in [9.17, 15) is 42.3 Å². The van der Waals surface area contributed by atoms with Crippen LogP contribution in [0, 0.1) is 5.92 Å². The van der Waals surface area contributed by atoms with Gasteiger partial charge in [-0.2, -0.15) is 30.7 Å². The molecule has 58 heavy (non-hydrogen) atoms. The molecule has 4 atom stereocenters. The number of benzene rings is 3. The summed E-state index contributed by atoms with van der Waals surface area (Å²) in [5.74, 6) is -18.3. The maximum atomic E-state index is 15.5. The summed E-state index contributed by atoms with van der Waals surface area (Å²) in [6, 6.07) is 8.68. The number of alkyl halides is 7. The molecule has 0 aliphatic heterocycles. The number of aliphatic carboxylic acids is 1. The van der Waals surface area contributed by atoms with Crippen LogP contribution in [0.4, 0.5) is 30.7 Å². The van der Waals surface area contributed by atoms with E-state index in [4.69, 9.17) is 26.2 Å². The van der Waals surface area contributed by atoms with Crippen molar-refractivity contribution < 1.29 is 74.4 Å². The summed E-state index contributed by atoms with van der Waals surface area (Å²) in [5, 5.41) is 26.7. The molecule has 13 nitrogen and oxygen atoms in total. The SMILES string of the molecule is COc1ccc([C@H](NC(=O)[C@H](Cc2ccc(OCC(=O)O)cc2)NC(=O)C(F)(F)c2cccc(Cl)c2)C(=O)N[C@@H](C(C)C)[C@@H](O)C(F)(F)C(=O)NCC(F)(F)F)cc1. The molecule has 0 unspecified atom stereocenters. The predicted octanol–water partition coefficient (Wildman–Crippen LogP) is 4.30. The van der Waals surface area contributed by atoms with Gasteiger partial charge in [-0.1, -0.05) is 61.8 Å². The van der Waals surface area contributed by atoms with E-state index in [1.54, 1.807) is 0 Å². The fourth-order valence-corrected chi connectivity index (χ4v) is 5.42. The van der Waals surface area contributed by atoms with E-state index in [0.29, 0.717) is 0 Å². The number of halogens is 8. The minimum atomic E-state index is -5.07. The van der Waals surface area contributed by atoms with Gasteiger partial charge in [0.25, 0.3) is 11.8 Å². The van der Waals surface area contributed by atoms with Crippen molar-refractivity contribution in [2.24, 2.45) is 5.92 Å². The molecule has 3 aromatic carbocycles. The summed E-state index contributed by atoms with van der Waals surface area (Å²) >= 11 is 5.85. The molecule has 0 saturated heterocycles. The Labute approximate surface area is 331 Å². The highest BCUT2D eigenvalue weighted by Gasteiger charge is 2.52. The van der Waals surface area contributed by atoms with Crippen molar-refractivity contribution >= 4 is 41.2 Å². The second kappa shape index (κ2) is 19.7. The molecule has 21 heteroatoms. The zero-order valence-corrected chi connectivity index (χ0v) is 31.5. The lowest BCUT2D eigenvalue weighted by Gasteiger charge is -2.33. The van der Waals surface area contributed by atoms with Crippen LogP contribution < -0.4 is 30.7 Å². The number of rotatable bonds is 19. The van der Waals surface area contributed by atoms with Crippen LogP contribution in [-0.4, -0.2) is 90.4 Å². The summed E-state index contributed by atoms with van der Waals surface area (Å²) in [6.45, 7) is -0.403. The molecule has 0 bridgehead atoms. The van der Waals surface area contributed by atoms with Crippen LogP contribution in [0.2, 0.25) is 5.02 Å². The maximum absolute atomic E-state index is 15.5. The van der Waals surface area contributed by atoms with Gasteiger partial charge in [-0.25, -0.2) is 4.79 Å². The first kappa shape index (κ1) is 46.8. The van der Waals surface area contributed by atoms with Crippen molar-refractivity contribution in [1.82, 2.24) is 21.3 Å². The molecule has 0 aromatic heterocycles. The lowest BCUT2D eigenvalue weighted by molar-refractivity contribution is -0.175. The second-order valence-corrected chi connectivity index (χ2v) is 13.4. The van der Waals surface area contributed by atoms with E-state index in [1.165, 1.54) is 75.6 Å². The van der Waals surface area contributed by atoms with E-state index >= 15 is 17.6 Å². The third kappa shape index (κ3) is 12.9. The van der Waals surface area contributed by atoms with Gasteiger partial charge in [-0.3, -0.25) is 19.2 Å². The van der Waals surface area contributed by atoms with Crippen molar-refractivity contribution in [1.29, 1.82) is 0 Å². The Hall–Kier alpha value is -5.63. The van der Waals surface area contributed by atoms with E-state index in [1.807, 2.05) is 5.32 Å². The van der Waals surface area contributed by atoms with E-state index in [2.05, 4.69) is 10.6 Å². The molecular weight excluding hydrogens is 813 g/mol. The van der Waals surface area contributed by atoms with Gasteiger partial charge in [0.2, 0.25) is 11.8 Å². The Morgan fingerprint density at radius 2 is 1.40 bits per heavy atom. The zero-order chi connectivity index (χ0) is 43.6. The number of carboxylic acid groups (broad SMARTS) is 1. The zero-order valence-electron chi connectivity index (χ0n) is 30.7. The van der Waals surface area contributed by atoms with Gasteiger partial charge in [-0.15, -0.1) is 0 Å². The number of nitrogens with one attached hydrogen (secondary N) is 4. The number of aliphatic hydroxyl groups excluding tert-OH is 1. The number of methoxy groups -OCH3 is 1. The first-order chi connectivity index (χ1) is 27.0. The summed E-state index contributed by atoms with van der Waals surface area (Å²) < 4.78 is 109. The molecule has 0 saturated carbocycles. The first-order valence-corrected chi connectivity index (χ1v) is 17.4. The molecule has 316 valence electrons. The Bertz CT molecular complexity index is 1920. The lowest BCUT2D eigenvalue weighted by atomic mass is 9.92. The molecule has 3 aromatic rings.